The molecule has 2 aromatic heterocycles. The van der Waals surface area contributed by atoms with Gasteiger partial charge in [-0.1, -0.05) is 23.7 Å². The molecule has 1 fully saturated rings. The second-order valence-corrected chi connectivity index (χ2v) is 7.90. The van der Waals surface area contributed by atoms with Gasteiger partial charge in [-0.05, 0) is 30.9 Å². The van der Waals surface area contributed by atoms with Crippen LogP contribution in [0.1, 0.15) is 23.3 Å². The van der Waals surface area contributed by atoms with Crippen molar-refractivity contribution >= 4 is 23.2 Å². The van der Waals surface area contributed by atoms with Crippen molar-refractivity contribution in [2.75, 3.05) is 27.3 Å². The molecule has 4 rings (SSSR count). The smallest absolute Gasteiger partial charge is 0.294 e. The Labute approximate surface area is 173 Å². The van der Waals surface area contributed by atoms with Gasteiger partial charge in [0.25, 0.3) is 11.5 Å². The van der Waals surface area contributed by atoms with E-state index in [2.05, 4.69) is 4.98 Å². The van der Waals surface area contributed by atoms with Crippen LogP contribution in [-0.4, -0.2) is 52.1 Å². The molecule has 0 saturated heterocycles. The Morgan fingerprint density at radius 3 is 2.83 bits per heavy atom. The number of benzene rings is 1. The second-order valence-electron chi connectivity index (χ2n) is 7.46. The van der Waals surface area contributed by atoms with Crippen LogP contribution in [0.25, 0.3) is 16.9 Å². The third-order valence-corrected chi connectivity index (χ3v) is 5.41. The number of likely N-dealkylation sites (N-methyl/N-ethyl adjacent to an activating group) is 1. The number of aromatic nitrogens is 3. The lowest BCUT2D eigenvalue weighted by molar-refractivity contribution is 0.0739. The van der Waals surface area contributed by atoms with Gasteiger partial charge in [0.2, 0.25) is 5.65 Å². The molecule has 1 saturated carbocycles. The van der Waals surface area contributed by atoms with Gasteiger partial charge in [-0.2, -0.15) is 0 Å². The molecule has 1 aliphatic rings. The number of hydrogen-bond acceptors (Lipinski definition) is 4. The molecule has 29 heavy (non-hydrogen) atoms. The lowest BCUT2D eigenvalue weighted by atomic mass is 10.1. The molecule has 0 unspecified atom stereocenters. The van der Waals surface area contributed by atoms with Gasteiger partial charge in [-0.25, -0.2) is 4.98 Å². The summed E-state index contributed by atoms with van der Waals surface area (Å²) in [5.74, 6) is 0.257. The predicted molar refractivity (Wildman–Crippen MR) is 111 cm³/mol. The maximum atomic E-state index is 13.3. The maximum Gasteiger partial charge on any atom is 0.294 e. The van der Waals surface area contributed by atoms with E-state index in [1.807, 2.05) is 24.4 Å². The van der Waals surface area contributed by atoms with Crippen LogP contribution in [0.5, 0.6) is 0 Å². The molecule has 0 N–H and O–H groups in total. The molecule has 1 amide bonds. The van der Waals surface area contributed by atoms with Crippen molar-refractivity contribution in [2.24, 2.45) is 5.92 Å². The summed E-state index contributed by atoms with van der Waals surface area (Å²) in [5.41, 5.74) is 1.91. The van der Waals surface area contributed by atoms with Gasteiger partial charge in [0.05, 0.1) is 12.3 Å². The number of halogens is 1. The summed E-state index contributed by atoms with van der Waals surface area (Å²) in [7, 11) is 3.27. The fourth-order valence-electron chi connectivity index (χ4n) is 3.33. The summed E-state index contributed by atoms with van der Waals surface area (Å²) in [5, 5.41) is 0.606. The molecule has 152 valence electrons. The van der Waals surface area contributed by atoms with E-state index in [4.69, 9.17) is 16.3 Å². The number of nitrogens with zero attached hydrogens (tertiary/aromatic N) is 4. The molecule has 7 nitrogen and oxygen atoms in total. The van der Waals surface area contributed by atoms with E-state index in [0.717, 1.165) is 24.1 Å². The molecule has 3 aromatic rings. The molecule has 2 heterocycles. The van der Waals surface area contributed by atoms with Crippen LogP contribution in [0.15, 0.2) is 41.5 Å². The highest BCUT2D eigenvalue weighted by atomic mass is 35.5. The van der Waals surface area contributed by atoms with E-state index in [1.165, 1.54) is 4.90 Å². The maximum absolute atomic E-state index is 13.3. The van der Waals surface area contributed by atoms with Gasteiger partial charge in [-0.15, -0.1) is 0 Å². The molecule has 1 aromatic carbocycles. The van der Waals surface area contributed by atoms with Gasteiger partial charge in [0, 0.05) is 50.2 Å². The first kappa shape index (κ1) is 19.7. The van der Waals surface area contributed by atoms with Crippen molar-refractivity contribution in [3.8, 4) is 11.3 Å². The van der Waals surface area contributed by atoms with Crippen molar-refractivity contribution in [1.29, 1.82) is 0 Å². The number of ether oxygens (including phenoxy) is 1. The Hall–Kier alpha value is -2.64. The van der Waals surface area contributed by atoms with Crippen LogP contribution in [0.4, 0.5) is 0 Å². The highest BCUT2D eigenvalue weighted by molar-refractivity contribution is 6.30. The Bertz CT molecular complexity index is 1120. The van der Waals surface area contributed by atoms with E-state index in [1.54, 1.807) is 35.4 Å². The van der Waals surface area contributed by atoms with Gasteiger partial charge in [0.1, 0.15) is 5.69 Å². The van der Waals surface area contributed by atoms with E-state index >= 15 is 0 Å². The zero-order valence-corrected chi connectivity index (χ0v) is 17.2. The Kier molecular flexibility index (Phi) is 5.43. The molecule has 0 aliphatic heterocycles. The van der Waals surface area contributed by atoms with E-state index in [9.17, 15) is 9.59 Å². The first-order valence-corrected chi connectivity index (χ1v) is 9.98. The highest BCUT2D eigenvalue weighted by Gasteiger charge is 2.25. The van der Waals surface area contributed by atoms with E-state index in [0.29, 0.717) is 30.6 Å². The van der Waals surface area contributed by atoms with E-state index in [-0.39, 0.29) is 22.8 Å². The molecular weight excluding hydrogens is 392 g/mol. The predicted octanol–water partition coefficient (Wildman–Crippen LogP) is 2.94. The Morgan fingerprint density at radius 2 is 2.14 bits per heavy atom. The number of carbonyl (C=O) groups is 1. The second kappa shape index (κ2) is 8.00. The molecule has 1 aliphatic carbocycles. The van der Waals surface area contributed by atoms with Crippen molar-refractivity contribution in [1.82, 2.24) is 18.9 Å². The standard InChI is InChI=1S/C21H23ClN4O3/c1-24(8-9-29-2)20(27)17-12-25-13-18(15-4-3-5-16(22)10-15)26(11-14-6-7-14)21(28)19(25)23-17/h3-5,10,12-14H,6-9,11H2,1-2H3. The van der Waals surface area contributed by atoms with Crippen molar-refractivity contribution in [3.05, 3.63) is 57.7 Å². The molecule has 0 spiro atoms. The van der Waals surface area contributed by atoms with Crippen LogP contribution >= 0.6 is 11.6 Å². The number of carbonyl (C=O) groups excluding carboxylic acids is 1. The van der Waals surface area contributed by atoms with Crippen molar-refractivity contribution in [3.63, 3.8) is 0 Å². The van der Waals surface area contributed by atoms with E-state index < -0.39 is 0 Å². The van der Waals surface area contributed by atoms with Gasteiger partial charge < -0.3 is 14.2 Å². The largest absolute Gasteiger partial charge is 0.383 e. The lowest BCUT2D eigenvalue weighted by Crippen LogP contribution is -2.30. The number of amides is 1. The van der Waals surface area contributed by atoms with Crippen LogP contribution in [-0.2, 0) is 11.3 Å². The number of fused-ring (bicyclic) bond motifs is 1. The van der Waals surface area contributed by atoms with Crippen molar-refractivity contribution < 1.29 is 9.53 Å². The summed E-state index contributed by atoms with van der Waals surface area (Å²) in [6, 6.07) is 7.43. The third kappa shape index (κ3) is 4.06. The number of rotatable bonds is 7. The minimum absolute atomic E-state index is 0.201. The number of hydrogen-bond donors (Lipinski definition) is 0. The summed E-state index contributed by atoms with van der Waals surface area (Å²) < 4.78 is 8.42. The monoisotopic (exact) mass is 414 g/mol. The third-order valence-electron chi connectivity index (χ3n) is 5.18. The zero-order valence-electron chi connectivity index (χ0n) is 16.5. The molecule has 0 radical (unpaired) electrons. The first-order chi connectivity index (χ1) is 14.0. The fourth-order valence-corrected chi connectivity index (χ4v) is 3.52. The van der Waals surface area contributed by atoms with Gasteiger partial charge in [-0.3, -0.25) is 14.0 Å². The fraction of sp³-hybridized carbons (Fsp3) is 0.381. The first-order valence-electron chi connectivity index (χ1n) is 9.61. The quantitative estimate of drug-likeness (QED) is 0.596. The average Bonchev–Trinajstić information content (AvgIpc) is 3.43. The minimum atomic E-state index is -0.247. The summed E-state index contributed by atoms with van der Waals surface area (Å²) in [6.07, 6.45) is 5.70. The molecule has 0 bridgehead atoms. The topological polar surface area (TPSA) is 68.8 Å². The van der Waals surface area contributed by atoms with Crippen LogP contribution in [0.2, 0.25) is 5.02 Å². The SMILES string of the molecule is COCCN(C)C(=O)c1cn2cc(-c3cccc(Cl)c3)n(CC3CC3)c(=O)c2n1. The normalized spacial score (nSPS) is 13.8. The van der Waals surface area contributed by atoms with Crippen LogP contribution < -0.4 is 5.56 Å². The molecule has 0 atom stereocenters. The highest BCUT2D eigenvalue weighted by Crippen LogP contribution is 2.32. The number of imidazole rings is 1. The number of methoxy groups -OCH3 is 1. The average molecular weight is 415 g/mol. The summed E-state index contributed by atoms with van der Waals surface area (Å²) in [6.45, 7) is 1.52. The van der Waals surface area contributed by atoms with Gasteiger partial charge >= 0.3 is 0 Å². The Balaban J connectivity index is 1.81. The Morgan fingerprint density at radius 1 is 1.34 bits per heavy atom. The minimum Gasteiger partial charge on any atom is -0.383 e. The van der Waals surface area contributed by atoms with Gasteiger partial charge in [0.15, 0.2) is 0 Å². The van der Waals surface area contributed by atoms with Crippen molar-refractivity contribution in [2.45, 2.75) is 19.4 Å². The lowest BCUT2D eigenvalue weighted by Gasteiger charge is -2.14. The summed E-state index contributed by atoms with van der Waals surface area (Å²) >= 11 is 6.18. The zero-order chi connectivity index (χ0) is 20.5. The van der Waals surface area contributed by atoms with Crippen LogP contribution in [0, 0.1) is 5.92 Å². The summed E-state index contributed by atoms with van der Waals surface area (Å²) in [4.78, 5) is 31.8. The molecule has 8 heteroatoms. The van der Waals surface area contributed by atoms with Crippen LogP contribution in [0.3, 0.4) is 0 Å². The molecular formula is C21H23ClN4O3.